The van der Waals surface area contributed by atoms with Gasteiger partial charge in [-0.2, -0.15) is 0 Å². The van der Waals surface area contributed by atoms with Crippen molar-refractivity contribution < 1.29 is 19.1 Å². The van der Waals surface area contributed by atoms with Gasteiger partial charge in [-0.05, 0) is 24.5 Å². The summed E-state index contributed by atoms with van der Waals surface area (Å²) in [5.41, 5.74) is -0.0119. The van der Waals surface area contributed by atoms with E-state index in [9.17, 15) is 14.7 Å². The van der Waals surface area contributed by atoms with Crippen LogP contribution in [0.4, 0.5) is 0 Å². The molecule has 3 rings (SSSR count). The molecule has 1 fully saturated rings. The van der Waals surface area contributed by atoms with Crippen molar-refractivity contribution in [1.82, 2.24) is 4.90 Å². The molecular weight excluding hydrogens is 334 g/mol. The van der Waals surface area contributed by atoms with Gasteiger partial charge in [-0.25, -0.2) is 4.79 Å². The minimum absolute atomic E-state index is 0.0223. The second-order valence-electron chi connectivity index (χ2n) is 7.17. The van der Waals surface area contributed by atoms with Gasteiger partial charge >= 0.3 is 5.63 Å². The molecule has 0 bridgehead atoms. The molecule has 1 aromatic heterocycles. The highest BCUT2D eigenvalue weighted by atomic mass is 16.5. The minimum atomic E-state index is -0.568. The van der Waals surface area contributed by atoms with E-state index in [0.29, 0.717) is 43.7 Å². The van der Waals surface area contributed by atoms with Crippen molar-refractivity contribution in [3.05, 3.63) is 40.2 Å². The number of hydrogen-bond donors (Lipinski definition) is 1. The normalized spacial score (nSPS) is 16.2. The van der Waals surface area contributed by atoms with Gasteiger partial charge in [0.2, 0.25) is 5.91 Å². The first-order chi connectivity index (χ1) is 12.5. The minimum Gasteiger partial charge on any atom is -0.507 e. The number of amides is 1. The lowest BCUT2D eigenvalue weighted by atomic mass is 9.87. The topological polar surface area (TPSA) is 80.0 Å². The van der Waals surface area contributed by atoms with E-state index in [1.54, 1.807) is 29.2 Å². The monoisotopic (exact) mass is 359 g/mol. The molecule has 2 aromatic rings. The molecule has 0 saturated carbocycles. The quantitative estimate of drug-likeness (QED) is 0.831. The fourth-order valence-corrected chi connectivity index (χ4v) is 3.53. The van der Waals surface area contributed by atoms with Crippen molar-refractivity contribution in [2.24, 2.45) is 5.92 Å². The smallest absolute Gasteiger partial charge is 0.343 e. The number of para-hydroxylation sites is 1. The summed E-state index contributed by atoms with van der Waals surface area (Å²) in [6.45, 7) is 6.25. The molecule has 1 aromatic carbocycles. The van der Waals surface area contributed by atoms with Crippen LogP contribution in [0.1, 0.15) is 38.2 Å². The molecule has 0 radical (unpaired) electrons. The second kappa shape index (κ2) is 7.91. The number of ether oxygens (including phenoxy) is 1. The van der Waals surface area contributed by atoms with Crippen LogP contribution in [0.15, 0.2) is 33.5 Å². The lowest BCUT2D eigenvalue weighted by Gasteiger charge is -2.29. The molecule has 1 aliphatic rings. The summed E-state index contributed by atoms with van der Waals surface area (Å²) in [6, 6.07) is 6.89. The molecule has 6 nitrogen and oxygen atoms in total. The maximum absolute atomic E-state index is 12.7. The van der Waals surface area contributed by atoms with Gasteiger partial charge in [-0.1, -0.05) is 26.0 Å². The third kappa shape index (κ3) is 3.90. The number of benzene rings is 1. The lowest BCUT2D eigenvalue weighted by Crippen LogP contribution is -2.41. The van der Waals surface area contributed by atoms with Crippen LogP contribution in [0.25, 0.3) is 11.0 Å². The van der Waals surface area contributed by atoms with Gasteiger partial charge in [-0.3, -0.25) is 4.79 Å². The number of rotatable bonds is 5. The molecule has 1 atom stereocenters. The highest BCUT2D eigenvalue weighted by Gasteiger charge is 2.28. The number of hydrogen-bond acceptors (Lipinski definition) is 5. The number of carbonyl (C=O) groups excluding carboxylic acids is 1. The van der Waals surface area contributed by atoms with Crippen LogP contribution in [0.2, 0.25) is 0 Å². The van der Waals surface area contributed by atoms with Crippen molar-refractivity contribution in [3.63, 3.8) is 0 Å². The molecule has 1 N–H and O–H groups in total. The zero-order valence-electron chi connectivity index (χ0n) is 15.2. The van der Waals surface area contributed by atoms with Crippen LogP contribution in [0, 0.1) is 5.92 Å². The Hall–Kier alpha value is -2.34. The van der Waals surface area contributed by atoms with Crippen LogP contribution in [0.5, 0.6) is 5.75 Å². The van der Waals surface area contributed by atoms with Gasteiger partial charge in [-0.15, -0.1) is 0 Å². The molecular formula is C20H25NO5. The molecule has 140 valence electrons. The van der Waals surface area contributed by atoms with E-state index in [2.05, 4.69) is 0 Å². The standard InChI is InChI=1S/C20H25NO5/c1-13(2)11-14(12-17(22)21-7-9-25-10-8-21)18-19(23)15-5-3-4-6-16(15)26-20(18)24/h3-6,13-14,23H,7-12H2,1-2H3/t14-/m1/s1. The number of fused-ring (bicyclic) bond motifs is 1. The molecule has 0 aliphatic carbocycles. The molecule has 1 saturated heterocycles. The lowest BCUT2D eigenvalue weighted by molar-refractivity contribution is -0.135. The molecule has 1 aliphatic heterocycles. The fourth-order valence-electron chi connectivity index (χ4n) is 3.53. The first-order valence-corrected chi connectivity index (χ1v) is 9.07. The third-order valence-electron chi connectivity index (χ3n) is 4.77. The third-order valence-corrected chi connectivity index (χ3v) is 4.77. The predicted octanol–water partition coefficient (Wildman–Crippen LogP) is 2.88. The van der Waals surface area contributed by atoms with E-state index in [-0.39, 0.29) is 35.5 Å². The number of nitrogens with zero attached hydrogens (tertiary/aromatic N) is 1. The molecule has 0 unspecified atom stereocenters. The molecule has 26 heavy (non-hydrogen) atoms. The van der Waals surface area contributed by atoms with Gasteiger partial charge < -0.3 is 19.2 Å². The summed E-state index contributed by atoms with van der Waals surface area (Å²) in [5, 5.41) is 11.2. The zero-order valence-corrected chi connectivity index (χ0v) is 15.2. The predicted molar refractivity (Wildman–Crippen MR) is 98.4 cm³/mol. The molecule has 0 spiro atoms. The Labute approximate surface area is 152 Å². The summed E-state index contributed by atoms with van der Waals surface area (Å²) < 4.78 is 10.7. The Bertz CT molecular complexity index is 836. The summed E-state index contributed by atoms with van der Waals surface area (Å²) in [7, 11) is 0. The highest BCUT2D eigenvalue weighted by molar-refractivity contribution is 5.84. The van der Waals surface area contributed by atoms with E-state index in [0.717, 1.165) is 0 Å². The summed E-state index contributed by atoms with van der Waals surface area (Å²) in [6.07, 6.45) is 0.793. The fraction of sp³-hybridized carbons (Fsp3) is 0.500. The Kier molecular flexibility index (Phi) is 5.61. The van der Waals surface area contributed by atoms with E-state index >= 15 is 0 Å². The second-order valence-corrected chi connectivity index (χ2v) is 7.17. The van der Waals surface area contributed by atoms with Crippen molar-refractivity contribution in [1.29, 1.82) is 0 Å². The van der Waals surface area contributed by atoms with E-state index < -0.39 is 5.63 Å². The molecule has 2 heterocycles. The van der Waals surface area contributed by atoms with Crippen LogP contribution in [-0.4, -0.2) is 42.2 Å². The zero-order chi connectivity index (χ0) is 18.7. The largest absolute Gasteiger partial charge is 0.507 e. The first-order valence-electron chi connectivity index (χ1n) is 9.07. The Balaban J connectivity index is 1.96. The van der Waals surface area contributed by atoms with Crippen LogP contribution >= 0.6 is 0 Å². The van der Waals surface area contributed by atoms with Crippen molar-refractivity contribution in [2.75, 3.05) is 26.3 Å². The Morgan fingerprint density at radius 2 is 1.92 bits per heavy atom. The van der Waals surface area contributed by atoms with Crippen molar-refractivity contribution in [3.8, 4) is 5.75 Å². The number of morpholine rings is 1. The van der Waals surface area contributed by atoms with Crippen LogP contribution < -0.4 is 5.63 Å². The average molecular weight is 359 g/mol. The van der Waals surface area contributed by atoms with Gasteiger partial charge in [0.15, 0.2) is 0 Å². The maximum atomic E-state index is 12.7. The SMILES string of the molecule is CC(C)C[C@H](CC(=O)N1CCOCC1)c1c(O)c2ccccc2oc1=O. The summed E-state index contributed by atoms with van der Waals surface area (Å²) in [5.74, 6) is -0.211. The van der Waals surface area contributed by atoms with Gasteiger partial charge in [0.25, 0.3) is 0 Å². The van der Waals surface area contributed by atoms with Crippen LogP contribution in [0.3, 0.4) is 0 Å². The van der Waals surface area contributed by atoms with E-state index in [1.807, 2.05) is 13.8 Å². The van der Waals surface area contributed by atoms with Gasteiger partial charge in [0.1, 0.15) is 11.3 Å². The summed E-state index contributed by atoms with van der Waals surface area (Å²) in [4.78, 5) is 27.0. The van der Waals surface area contributed by atoms with Crippen LogP contribution in [-0.2, 0) is 9.53 Å². The molecule has 6 heteroatoms. The van der Waals surface area contributed by atoms with E-state index in [1.165, 1.54) is 0 Å². The van der Waals surface area contributed by atoms with Crippen molar-refractivity contribution in [2.45, 2.75) is 32.6 Å². The van der Waals surface area contributed by atoms with Crippen molar-refractivity contribution >= 4 is 16.9 Å². The Morgan fingerprint density at radius 1 is 1.23 bits per heavy atom. The number of carbonyl (C=O) groups is 1. The summed E-state index contributed by atoms with van der Waals surface area (Å²) >= 11 is 0. The molecule has 1 amide bonds. The maximum Gasteiger partial charge on any atom is 0.343 e. The number of aromatic hydroxyl groups is 1. The highest BCUT2D eigenvalue weighted by Crippen LogP contribution is 2.35. The average Bonchev–Trinajstić information content (AvgIpc) is 2.62. The van der Waals surface area contributed by atoms with Gasteiger partial charge in [0, 0.05) is 25.4 Å². The van der Waals surface area contributed by atoms with Gasteiger partial charge in [0.05, 0.1) is 24.2 Å². The Morgan fingerprint density at radius 3 is 2.62 bits per heavy atom. The first kappa shape index (κ1) is 18.5. The van der Waals surface area contributed by atoms with E-state index in [4.69, 9.17) is 9.15 Å².